The lowest BCUT2D eigenvalue weighted by Crippen LogP contribution is -2.28. The number of anilines is 1. The molecule has 0 spiro atoms. The minimum Gasteiger partial charge on any atom is -0.481 e. The first-order chi connectivity index (χ1) is 8.83. The van der Waals surface area contributed by atoms with Crippen molar-refractivity contribution in [2.45, 2.75) is 27.2 Å². The minimum atomic E-state index is -0.857. The summed E-state index contributed by atoms with van der Waals surface area (Å²) in [5.41, 5.74) is 0.278. The fourth-order valence-electron chi connectivity index (χ4n) is 1.76. The molecule has 0 aliphatic carbocycles. The van der Waals surface area contributed by atoms with Gasteiger partial charge in [-0.15, -0.1) is 5.10 Å². The van der Waals surface area contributed by atoms with Gasteiger partial charge in [-0.25, -0.2) is 0 Å². The highest BCUT2D eigenvalue weighted by Crippen LogP contribution is 2.25. The van der Waals surface area contributed by atoms with Crippen LogP contribution < -0.4 is 5.32 Å². The van der Waals surface area contributed by atoms with Crippen molar-refractivity contribution in [2.24, 2.45) is 11.3 Å². The molecule has 6 nitrogen and oxygen atoms in total. The average Bonchev–Trinajstić information content (AvgIpc) is 2.33. The van der Waals surface area contributed by atoms with Gasteiger partial charge in [0.05, 0.1) is 17.7 Å². The molecule has 1 aromatic heterocycles. The number of carbonyl (C=O) groups is 1. The first-order valence-corrected chi connectivity index (χ1v) is 6.02. The van der Waals surface area contributed by atoms with Crippen molar-refractivity contribution < 1.29 is 9.90 Å². The summed E-state index contributed by atoms with van der Waals surface area (Å²) >= 11 is 0. The van der Waals surface area contributed by atoms with E-state index in [0.717, 1.165) is 0 Å². The summed E-state index contributed by atoms with van der Waals surface area (Å²) in [4.78, 5) is 11.2. The third kappa shape index (κ3) is 4.92. The molecule has 1 unspecified atom stereocenters. The van der Waals surface area contributed by atoms with Crippen LogP contribution in [0, 0.1) is 22.7 Å². The van der Waals surface area contributed by atoms with E-state index < -0.39 is 11.9 Å². The van der Waals surface area contributed by atoms with Crippen molar-refractivity contribution in [3.8, 4) is 6.07 Å². The van der Waals surface area contributed by atoms with Gasteiger partial charge in [-0.1, -0.05) is 20.8 Å². The molecule has 0 aliphatic rings. The number of aromatic nitrogens is 2. The second-order valence-corrected chi connectivity index (χ2v) is 5.59. The highest BCUT2D eigenvalue weighted by molar-refractivity contribution is 5.71. The third-order valence-electron chi connectivity index (χ3n) is 2.57. The Hall–Kier alpha value is -2.16. The zero-order valence-electron chi connectivity index (χ0n) is 11.3. The first-order valence-electron chi connectivity index (χ1n) is 6.02. The molecule has 0 bridgehead atoms. The summed E-state index contributed by atoms with van der Waals surface area (Å²) in [5.74, 6) is -1.07. The summed E-state index contributed by atoms with van der Waals surface area (Å²) in [5, 5.41) is 28.5. The molecule has 1 rings (SSSR count). The van der Waals surface area contributed by atoms with Crippen LogP contribution >= 0.6 is 0 Å². The molecule has 1 aromatic rings. The maximum atomic E-state index is 11.2. The van der Waals surface area contributed by atoms with Crippen LogP contribution in [0.5, 0.6) is 0 Å². The van der Waals surface area contributed by atoms with Gasteiger partial charge in [-0.3, -0.25) is 4.79 Å². The maximum absolute atomic E-state index is 11.2. The summed E-state index contributed by atoms with van der Waals surface area (Å²) in [6.45, 7) is 6.20. The lowest BCUT2D eigenvalue weighted by Gasteiger charge is -2.23. The largest absolute Gasteiger partial charge is 0.481 e. The number of hydrogen-bond acceptors (Lipinski definition) is 5. The molecular formula is C13H18N4O2. The number of aliphatic carboxylic acids is 1. The fourth-order valence-corrected chi connectivity index (χ4v) is 1.76. The number of nitrogens with one attached hydrogen (secondary N) is 1. The SMILES string of the molecule is CC(C)(C)CC(CNc1nnccc1C#N)C(=O)O. The van der Waals surface area contributed by atoms with Crippen LogP contribution in [-0.4, -0.2) is 27.8 Å². The lowest BCUT2D eigenvalue weighted by atomic mass is 9.84. The Labute approximate surface area is 112 Å². The standard InChI is InChI=1S/C13H18N4O2/c1-13(2,3)6-10(12(18)19)8-15-11-9(7-14)4-5-16-17-11/h4-5,10H,6,8H2,1-3H3,(H,15,17)(H,18,19). The van der Waals surface area contributed by atoms with E-state index in [1.54, 1.807) is 0 Å². The number of carboxylic acids is 1. The molecule has 1 atom stereocenters. The topological polar surface area (TPSA) is 98.9 Å². The van der Waals surface area contributed by atoms with Crippen LogP contribution in [0.4, 0.5) is 5.82 Å². The minimum absolute atomic E-state index is 0.0782. The Bertz CT molecular complexity index is 488. The van der Waals surface area contributed by atoms with Crippen molar-refractivity contribution >= 4 is 11.8 Å². The zero-order valence-corrected chi connectivity index (χ0v) is 11.3. The normalized spacial score (nSPS) is 12.5. The smallest absolute Gasteiger partial charge is 0.308 e. The molecule has 0 amide bonds. The van der Waals surface area contributed by atoms with Crippen LogP contribution in [0.15, 0.2) is 12.3 Å². The van der Waals surface area contributed by atoms with E-state index in [9.17, 15) is 9.90 Å². The Morgan fingerprint density at radius 2 is 2.26 bits per heavy atom. The Kier molecular flexibility index (Phi) is 4.81. The number of hydrogen-bond donors (Lipinski definition) is 2. The van der Waals surface area contributed by atoms with Crippen LogP contribution in [-0.2, 0) is 4.79 Å². The summed E-state index contributed by atoms with van der Waals surface area (Å²) in [6, 6.07) is 3.52. The van der Waals surface area contributed by atoms with E-state index in [4.69, 9.17) is 5.26 Å². The van der Waals surface area contributed by atoms with Gasteiger partial charge < -0.3 is 10.4 Å². The molecule has 0 saturated heterocycles. The van der Waals surface area contributed by atoms with Gasteiger partial charge in [0.2, 0.25) is 0 Å². The quantitative estimate of drug-likeness (QED) is 0.840. The van der Waals surface area contributed by atoms with Crippen molar-refractivity contribution in [2.75, 3.05) is 11.9 Å². The second kappa shape index (κ2) is 6.14. The van der Waals surface area contributed by atoms with E-state index in [1.165, 1.54) is 12.3 Å². The van der Waals surface area contributed by atoms with Gasteiger partial charge in [0.25, 0.3) is 0 Å². The van der Waals surface area contributed by atoms with Gasteiger partial charge in [-0.05, 0) is 17.9 Å². The molecule has 0 saturated carbocycles. The van der Waals surface area contributed by atoms with Gasteiger partial charge in [-0.2, -0.15) is 10.4 Å². The molecule has 2 N–H and O–H groups in total. The van der Waals surface area contributed by atoms with Crippen LogP contribution in [0.2, 0.25) is 0 Å². The summed E-state index contributed by atoms with van der Waals surface area (Å²) in [6.07, 6.45) is 1.96. The summed E-state index contributed by atoms with van der Waals surface area (Å²) < 4.78 is 0. The number of carboxylic acid groups (broad SMARTS) is 1. The van der Waals surface area contributed by atoms with E-state index >= 15 is 0 Å². The average molecular weight is 262 g/mol. The van der Waals surface area contributed by atoms with Crippen molar-refractivity contribution in [1.29, 1.82) is 5.26 Å². The molecule has 0 radical (unpaired) electrons. The fraction of sp³-hybridized carbons (Fsp3) is 0.538. The lowest BCUT2D eigenvalue weighted by molar-refractivity contribution is -0.142. The van der Waals surface area contributed by atoms with Crippen molar-refractivity contribution in [3.63, 3.8) is 0 Å². The summed E-state index contributed by atoms with van der Waals surface area (Å²) in [7, 11) is 0. The van der Waals surface area contributed by atoms with Crippen molar-refractivity contribution in [3.05, 3.63) is 17.8 Å². The predicted molar refractivity (Wildman–Crippen MR) is 70.4 cm³/mol. The Balaban J connectivity index is 2.72. The molecule has 102 valence electrons. The maximum Gasteiger partial charge on any atom is 0.308 e. The van der Waals surface area contributed by atoms with Crippen LogP contribution in [0.3, 0.4) is 0 Å². The second-order valence-electron chi connectivity index (χ2n) is 5.59. The molecule has 6 heteroatoms. The number of nitriles is 1. The van der Waals surface area contributed by atoms with E-state index in [-0.39, 0.29) is 12.0 Å². The molecule has 1 heterocycles. The van der Waals surface area contributed by atoms with Crippen LogP contribution in [0.25, 0.3) is 0 Å². The van der Waals surface area contributed by atoms with Crippen molar-refractivity contribution in [1.82, 2.24) is 10.2 Å². The first kappa shape index (κ1) is 14.9. The van der Waals surface area contributed by atoms with E-state index in [2.05, 4.69) is 15.5 Å². The van der Waals surface area contributed by atoms with Gasteiger partial charge in [0, 0.05) is 6.54 Å². The van der Waals surface area contributed by atoms with Gasteiger partial charge in [0.15, 0.2) is 5.82 Å². The molecule has 0 fully saturated rings. The Morgan fingerprint density at radius 1 is 1.58 bits per heavy atom. The highest BCUT2D eigenvalue weighted by atomic mass is 16.4. The van der Waals surface area contributed by atoms with Gasteiger partial charge in [0.1, 0.15) is 6.07 Å². The highest BCUT2D eigenvalue weighted by Gasteiger charge is 2.24. The van der Waals surface area contributed by atoms with E-state index in [1.807, 2.05) is 26.8 Å². The molecular weight excluding hydrogens is 244 g/mol. The van der Waals surface area contributed by atoms with Gasteiger partial charge >= 0.3 is 5.97 Å². The van der Waals surface area contributed by atoms with E-state index in [0.29, 0.717) is 17.8 Å². The predicted octanol–water partition coefficient (Wildman–Crippen LogP) is 1.90. The zero-order chi connectivity index (χ0) is 14.5. The Morgan fingerprint density at radius 3 is 2.79 bits per heavy atom. The monoisotopic (exact) mass is 262 g/mol. The number of rotatable bonds is 5. The molecule has 0 aliphatic heterocycles. The molecule has 19 heavy (non-hydrogen) atoms. The third-order valence-corrected chi connectivity index (χ3v) is 2.57. The molecule has 0 aromatic carbocycles. The van der Waals surface area contributed by atoms with Crippen LogP contribution in [0.1, 0.15) is 32.8 Å². The number of nitrogens with zero attached hydrogens (tertiary/aromatic N) is 3.